The van der Waals surface area contributed by atoms with Gasteiger partial charge in [-0.15, -0.1) is 0 Å². The number of hydrogen-bond acceptors (Lipinski definition) is 8. The second-order valence-electron chi connectivity index (χ2n) is 4.47. The SMILES string of the molecule is COC(=O)c1cc([N+](=O)[O-])cc([N+](=O)[O-])c1N1CCSCC1. The van der Waals surface area contributed by atoms with Crippen LogP contribution in [0.3, 0.4) is 0 Å². The molecule has 118 valence electrons. The summed E-state index contributed by atoms with van der Waals surface area (Å²) in [5.41, 5.74) is -1.04. The van der Waals surface area contributed by atoms with E-state index < -0.39 is 27.2 Å². The molecule has 0 saturated carbocycles. The first-order valence-electron chi connectivity index (χ1n) is 6.33. The van der Waals surface area contributed by atoms with Crippen LogP contribution in [0.25, 0.3) is 0 Å². The van der Waals surface area contributed by atoms with E-state index in [0.717, 1.165) is 30.7 Å². The van der Waals surface area contributed by atoms with Crippen molar-refractivity contribution in [2.45, 2.75) is 0 Å². The first kappa shape index (κ1) is 16.0. The summed E-state index contributed by atoms with van der Waals surface area (Å²) in [6.07, 6.45) is 0. The summed E-state index contributed by atoms with van der Waals surface area (Å²) in [6.45, 7) is 1.04. The van der Waals surface area contributed by atoms with Crippen molar-refractivity contribution < 1.29 is 19.4 Å². The minimum absolute atomic E-state index is 0.0859. The van der Waals surface area contributed by atoms with Gasteiger partial charge in [0.1, 0.15) is 5.69 Å². The maximum atomic E-state index is 11.9. The highest BCUT2D eigenvalue weighted by Crippen LogP contribution is 2.37. The number of carbonyl (C=O) groups excluding carboxylic acids is 1. The number of thioether (sulfide) groups is 1. The highest BCUT2D eigenvalue weighted by atomic mass is 32.2. The molecule has 10 heteroatoms. The maximum absolute atomic E-state index is 11.9. The molecular weight excluding hydrogens is 314 g/mol. The van der Waals surface area contributed by atoms with Gasteiger partial charge in [0.2, 0.25) is 0 Å². The third kappa shape index (κ3) is 3.11. The Morgan fingerprint density at radius 1 is 1.23 bits per heavy atom. The molecule has 2 rings (SSSR count). The fourth-order valence-electron chi connectivity index (χ4n) is 2.23. The van der Waals surface area contributed by atoms with E-state index in [-0.39, 0.29) is 11.3 Å². The maximum Gasteiger partial charge on any atom is 0.340 e. The van der Waals surface area contributed by atoms with E-state index >= 15 is 0 Å². The molecular formula is C12H13N3O6S. The Morgan fingerprint density at radius 3 is 2.36 bits per heavy atom. The fourth-order valence-corrected chi connectivity index (χ4v) is 3.14. The number of anilines is 1. The molecule has 0 N–H and O–H groups in total. The van der Waals surface area contributed by atoms with Gasteiger partial charge < -0.3 is 9.64 Å². The molecule has 0 atom stereocenters. The number of non-ortho nitro benzene ring substituents is 1. The highest BCUT2D eigenvalue weighted by molar-refractivity contribution is 7.99. The average molecular weight is 327 g/mol. The summed E-state index contributed by atoms with van der Waals surface area (Å²) in [5, 5.41) is 22.2. The van der Waals surface area contributed by atoms with Crippen molar-refractivity contribution in [2.24, 2.45) is 0 Å². The molecule has 0 bridgehead atoms. The van der Waals surface area contributed by atoms with E-state index in [4.69, 9.17) is 0 Å². The Balaban J connectivity index is 2.67. The summed E-state index contributed by atoms with van der Waals surface area (Å²) >= 11 is 1.70. The zero-order chi connectivity index (χ0) is 16.3. The average Bonchev–Trinajstić information content (AvgIpc) is 2.53. The molecule has 0 amide bonds. The number of methoxy groups -OCH3 is 1. The lowest BCUT2D eigenvalue weighted by atomic mass is 10.1. The predicted molar refractivity (Wildman–Crippen MR) is 80.6 cm³/mol. The van der Waals surface area contributed by atoms with Crippen molar-refractivity contribution in [2.75, 3.05) is 36.6 Å². The number of carbonyl (C=O) groups is 1. The first-order valence-corrected chi connectivity index (χ1v) is 7.49. The summed E-state index contributed by atoms with van der Waals surface area (Å²) < 4.78 is 4.62. The van der Waals surface area contributed by atoms with Crippen LogP contribution in [-0.2, 0) is 4.74 Å². The van der Waals surface area contributed by atoms with Crippen molar-refractivity contribution >= 4 is 34.8 Å². The van der Waals surface area contributed by atoms with Gasteiger partial charge in [-0.3, -0.25) is 20.2 Å². The standard InChI is InChI=1S/C12H13N3O6S/c1-21-12(16)9-6-8(14(17)18)7-10(15(19)20)11(9)13-2-4-22-5-3-13/h6-7H,2-5H2,1H3. The van der Waals surface area contributed by atoms with Crippen LogP contribution in [0.4, 0.5) is 17.1 Å². The summed E-state index contributed by atoms with van der Waals surface area (Å²) in [5.74, 6) is 0.684. The quantitative estimate of drug-likeness (QED) is 0.467. The molecule has 0 radical (unpaired) electrons. The normalized spacial score (nSPS) is 14.5. The molecule has 0 aromatic heterocycles. The number of rotatable bonds is 4. The number of hydrogen-bond donors (Lipinski definition) is 0. The molecule has 1 heterocycles. The van der Waals surface area contributed by atoms with E-state index in [1.54, 1.807) is 16.7 Å². The molecule has 9 nitrogen and oxygen atoms in total. The lowest BCUT2D eigenvalue weighted by molar-refractivity contribution is -0.393. The molecule has 0 spiro atoms. The van der Waals surface area contributed by atoms with Crippen LogP contribution in [0.15, 0.2) is 12.1 Å². The van der Waals surface area contributed by atoms with Crippen LogP contribution in [0, 0.1) is 20.2 Å². The van der Waals surface area contributed by atoms with Crippen molar-refractivity contribution in [1.29, 1.82) is 0 Å². The van der Waals surface area contributed by atoms with E-state index in [1.165, 1.54) is 0 Å². The largest absolute Gasteiger partial charge is 0.465 e. The minimum atomic E-state index is -0.833. The van der Waals surface area contributed by atoms with Gasteiger partial charge in [-0.1, -0.05) is 0 Å². The molecule has 0 aliphatic carbocycles. The van der Waals surface area contributed by atoms with Crippen LogP contribution in [0.1, 0.15) is 10.4 Å². The van der Waals surface area contributed by atoms with Gasteiger partial charge in [0.25, 0.3) is 11.4 Å². The molecule has 1 saturated heterocycles. The number of ether oxygens (including phenoxy) is 1. The summed E-state index contributed by atoms with van der Waals surface area (Å²) in [4.78, 5) is 34.4. The molecule has 1 aromatic carbocycles. The molecule has 1 aliphatic heterocycles. The topological polar surface area (TPSA) is 116 Å². The Kier molecular flexibility index (Phi) is 4.81. The van der Waals surface area contributed by atoms with E-state index in [1.807, 2.05) is 0 Å². The van der Waals surface area contributed by atoms with E-state index in [0.29, 0.717) is 13.1 Å². The van der Waals surface area contributed by atoms with Crippen molar-refractivity contribution in [3.63, 3.8) is 0 Å². The zero-order valence-corrected chi connectivity index (χ0v) is 12.5. The molecule has 1 aromatic rings. The van der Waals surface area contributed by atoms with Crippen molar-refractivity contribution in [3.8, 4) is 0 Å². The van der Waals surface area contributed by atoms with Crippen LogP contribution in [0.5, 0.6) is 0 Å². The Morgan fingerprint density at radius 2 is 1.86 bits per heavy atom. The molecule has 0 unspecified atom stereocenters. The highest BCUT2D eigenvalue weighted by Gasteiger charge is 2.31. The van der Waals surface area contributed by atoms with Crippen molar-refractivity contribution in [3.05, 3.63) is 37.9 Å². The predicted octanol–water partition coefficient (Wildman–Crippen LogP) is 1.84. The van der Waals surface area contributed by atoms with Crippen LogP contribution in [-0.4, -0.2) is 47.5 Å². The number of esters is 1. The van der Waals surface area contributed by atoms with Gasteiger partial charge in [0.05, 0.1) is 28.6 Å². The Bertz CT molecular complexity index is 630. The van der Waals surface area contributed by atoms with Gasteiger partial charge in [-0.05, 0) is 0 Å². The van der Waals surface area contributed by atoms with Gasteiger partial charge in [0, 0.05) is 30.7 Å². The Labute approximate surface area is 129 Å². The van der Waals surface area contributed by atoms with Crippen LogP contribution >= 0.6 is 11.8 Å². The number of nitrogens with zero attached hydrogens (tertiary/aromatic N) is 3. The summed E-state index contributed by atoms with van der Waals surface area (Å²) in [6, 6.07) is 1.90. The molecule has 22 heavy (non-hydrogen) atoms. The number of nitro groups is 2. The fraction of sp³-hybridized carbons (Fsp3) is 0.417. The smallest absolute Gasteiger partial charge is 0.340 e. The monoisotopic (exact) mass is 327 g/mol. The number of nitro benzene ring substituents is 2. The third-order valence-corrected chi connectivity index (χ3v) is 4.16. The molecule has 1 aliphatic rings. The van der Waals surface area contributed by atoms with E-state index in [2.05, 4.69) is 4.74 Å². The second-order valence-corrected chi connectivity index (χ2v) is 5.69. The lowest BCUT2D eigenvalue weighted by Crippen LogP contribution is -2.34. The van der Waals surface area contributed by atoms with Crippen molar-refractivity contribution in [1.82, 2.24) is 0 Å². The van der Waals surface area contributed by atoms with Crippen LogP contribution in [0.2, 0.25) is 0 Å². The first-order chi connectivity index (χ1) is 10.5. The number of benzene rings is 1. The lowest BCUT2D eigenvalue weighted by Gasteiger charge is -2.29. The third-order valence-electron chi connectivity index (χ3n) is 3.21. The van der Waals surface area contributed by atoms with Crippen LogP contribution < -0.4 is 4.90 Å². The van der Waals surface area contributed by atoms with E-state index in [9.17, 15) is 25.0 Å². The van der Waals surface area contributed by atoms with Gasteiger partial charge in [-0.25, -0.2) is 4.79 Å². The second kappa shape index (κ2) is 6.60. The minimum Gasteiger partial charge on any atom is -0.465 e. The van der Waals surface area contributed by atoms with Gasteiger partial charge >= 0.3 is 5.97 Å². The summed E-state index contributed by atoms with van der Waals surface area (Å²) in [7, 11) is 1.13. The van der Waals surface area contributed by atoms with Gasteiger partial charge in [-0.2, -0.15) is 11.8 Å². The molecule has 1 fully saturated rings. The zero-order valence-electron chi connectivity index (χ0n) is 11.7. The Hall–Kier alpha value is -2.36. The van der Waals surface area contributed by atoms with Gasteiger partial charge in [0.15, 0.2) is 0 Å².